The summed E-state index contributed by atoms with van der Waals surface area (Å²) in [6.45, 7) is 4.65. The Labute approximate surface area is 163 Å². The molecule has 2 aliphatic heterocycles. The van der Waals surface area contributed by atoms with Crippen molar-refractivity contribution in [2.75, 3.05) is 39.3 Å². The minimum Gasteiger partial charge on any atom is -0.357 e. The molecule has 0 spiro atoms. The van der Waals surface area contributed by atoms with Gasteiger partial charge in [0.05, 0.1) is 0 Å². The predicted octanol–water partition coefficient (Wildman–Crippen LogP) is 2.34. The molecule has 1 N–H and O–H groups in total. The van der Waals surface area contributed by atoms with Crippen LogP contribution < -0.4 is 0 Å². The van der Waals surface area contributed by atoms with Crippen molar-refractivity contribution < 1.29 is 9.59 Å². The zero-order valence-corrected chi connectivity index (χ0v) is 15.9. The third-order valence-corrected chi connectivity index (χ3v) is 5.74. The van der Waals surface area contributed by atoms with Crippen LogP contribution >= 0.6 is 11.6 Å². The smallest absolute Gasteiger partial charge is 0.270 e. The quantitative estimate of drug-likeness (QED) is 0.880. The minimum absolute atomic E-state index is 0.0608. The first-order chi connectivity index (χ1) is 13.1. The third kappa shape index (κ3) is 3.87. The molecule has 0 aliphatic carbocycles. The normalized spacial score (nSPS) is 20.9. The van der Waals surface area contributed by atoms with Gasteiger partial charge in [-0.3, -0.25) is 14.5 Å². The number of carbonyl (C=O) groups excluding carboxylic acids is 2. The molecule has 142 valence electrons. The molecule has 2 fully saturated rings. The van der Waals surface area contributed by atoms with Gasteiger partial charge in [0.25, 0.3) is 11.8 Å². The maximum atomic E-state index is 12.7. The number of amides is 2. The number of halogens is 1. The highest BCUT2D eigenvalue weighted by atomic mass is 35.5. The van der Waals surface area contributed by atoms with Crippen LogP contribution in [-0.4, -0.2) is 76.8 Å². The minimum atomic E-state index is 0.0608. The second-order valence-corrected chi connectivity index (χ2v) is 7.55. The molecule has 2 amide bonds. The van der Waals surface area contributed by atoms with E-state index in [4.69, 9.17) is 11.6 Å². The fourth-order valence-corrected chi connectivity index (χ4v) is 4.05. The van der Waals surface area contributed by atoms with E-state index in [0.29, 0.717) is 22.3 Å². The van der Waals surface area contributed by atoms with Crippen LogP contribution in [0.4, 0.5) is 0 Å². The van der Waals surface area contributed by atoms with Gasteiger partial charge in [-0.15, -0.1) is 0 Å². The van der Waals surface area contributed by atoms with Crippen molar-refractivity contribution in [3.05, 3.63) is 58.9 Å². The number of nitrogens with one attached hydrogen (secondary N) is 1. The molecule has 3 heterocycles. The monoisotopic (exact) mass is 386 g/mol. The van der Waals surface area contributed by atoms with Gasteiger partial charge in [-0.05, 0) is 42.8 Å². The summed E-state index contributed by atoms with van der Waals surface area (Å²) in [5.74, 6) is 0.125. The number of likely N-dealkylation sites (tertiary alicyclic amines) is 1. The van der Waals surface area contributed by atoms with E-state index in [0.717, 1.165) is 45.7 Å². The number of piperazine rings is 1. The van der Waals surface area contributed by atoms with Gasteiger partial charge in [0.1, 0.15) is 5.69 Å². The van der Waals surface area contributed by atoms with Crippen LogP contribution in [0.2, 0.25) is 5.02 Å². The lowest BCUT2D eigenvalue weighted by Crippen LogP contribution is -2.52. The number of hydrogen-bond donors (Lipinski definition) is 1. The summed E-state index contributed by atoms with van der Waals surface area (Å²) in [5, 5.41) is 0.637. The first-order valence-electron chi connectivity index (χ1n) is 9.33. The van der Waals surface area contributed by atoms with Crippen molar-refractivity contribution in [3.8, 4) is 0 Å². The van der Waals surface area contributed by atoms with E-state index >= 15 is 0 Å². The Morgan fingerprint density at radius 2 is 1.67 bits per heavy atom. The second-order valence-electron chi connectivity index (χ2n) is 7.11. The van der Waals surface area contributed by atoms with Crippen LogP contribution in [0.1, 0.15) is 27.3 Å². The molecule has 7 heteroatoms. The molecule has 0 unspecified atom stereocenters. The molecule has 0 radical (unpaired) electrons. The van der Waals surface area contributed by atoms with E-state index in [2.05, 4.69) is 9.88 Å². The maximum Gasteiger partial charge on any atom is 0.270 e. The molecule has 2 aromatic rings. The molecule has 1 atom stereocenters. The van der Waals surface area contributed by atoms with Gasteiger partial charge in [-0.1, -0.05) is 11.6 Å². The standard InChI is InChI=1S/C20H23ClN4O2/c21-16-5-3-15(4-6-16)19(26)25-9-7-17(14-25)23-10-12-24(13-11-23)20(27)18-2-1-8-22-18/h1-6,8,17,22H,7,9-14H2/t17-/m1/s1. The van der Waals surface area contributed by atoms with Crippen molar-refractivity contribution in [2.45, 2.75) is 12.5 Å². The van der Waals surface area contributed by atoms with Gasteiger partial charge in [-0.2, -0.15) is 0 Å². The predicted molar refractivity (Wildman–Crippen MR) is 104 cm³/mol. The average molecular weight is 387 g/mol. The van der Waals surface area contributed by atoms with Gasteiger partial charge in [0.2, 0.25) is 0 Å². The molecular formula is C20H23ClN4O2. The highest BCUT2D eigenvalue weighted by molar-refractivity contribution is 6.30. The Kier molecular flexibility index (Phi) is 5.18. The number of H-pyrrole nitrogens is 1. The number of rotatable bonds is 3. The Balaban J connectivity index is 1.30. The van der Waals surface area contributed by atoms with Gasteiger partial charge in [0.15, 0.2) is 0 Å². The number of hydrogen-bond acceptors (Lipinski definition) is 3. The Morgan fingerprint density at radius 3 is 2.33 bits per heavy atom. The summed E-state index contributed by atoms with van der Waals surface area (Å²) in [5.41, 5.74) is 1.32. The van der Waals surface area contributed by atoms with E-state index < -0.39 is 0 Å². The summed E-state index contributed by atoms with van der Waals surface area (Å²) in [6, 6.07) is 11.1. The molecule has 2 saturated heterocycles. The van der Waals surface area contributed by atoms with Crippen LogP contribution in [0.15, 0.2) is 42.6 Å². The van der Waals surface area contributed by atoms with E-state index in [1.807, 2.05) is 21.9 Å². The highest BCUT2D eigenvalue weighted by Crippen LogP contribution is 2.21. The van der Waals surface area contributed by atoms with Gasteiger partial charge in [0, 0.05) is 62.1 Å². The number of aromatic amines is 1. The summed E-state index contributed by atoms with van der Waals surface area (Å²) in [7, 11) is 0. The fraction of sp³-hybridized carbons (Fsp3) is 0.400. The highest BCUT2D eigenvalue weighted by Gasteiger charge is 2.33. The summed E-state index contributed by atoms with van der Waals surface area (Å²) in [6.07, 6.45) is 2.75. The molecular weight excluding hydrogens is 364 g/mol. The summed E-state index contributed by atoms with van der Waals surface area (Å²) in [4.78, 5) is 34.3. The SMILES string of the molecule is O=C(c1ccc(Cl)cc1)N1CC[C@@H](N2CCN(C(=O)c3ccc[nH]3)CC2)C1. The molecule has 2 aliphatic rings. The van der Waals surface area contributed by atoms with Crippen molar-refractivity contribution in [1.29, 1.82) is 0 Å². The van der Waals surface area contributed by atoms with E-state index in [9.17, 15) is 9.59 Å². The second kappa shape index (κ2) is 7.74. The van der Waals surface area contributed by atoms with Crippen molar-refractivity contribution in [2.24, 2.45) is 0 Å². The zero-order valence-electron chi connectivity index (χ0n) is 15.1. The topological polar surface area (TPSA) is 59.7 Å². The molecule has 1 aromatic carbocycles. The van der Waals surface area contributed by atoms with E-state index in [1.165, 1.54) is 0 Å². The van der Waals surface area contributed by atoms with Crippen molar-refractivity contribution >= 4 is 23.4 Å². The van der Waals surface area contributed by atoms with Crippen LogP contribution in [0, 0.1) is 0 Å². The van der Waals surface area contributed by atoms with Crippen LogP contribution in [0.5, 0.6) is 0 Å². The lowest BCUT2D eigenvalue weighted by atomic mass is 10.2. The van der Waals surface area contributed by atoms with E-state index in [-0.39, 0.29) is 11.8 Å². The van der Waals surface area contributed by atoms with Crippen LogP contribution in [0.3, 0.4) is 0 Å². The number of benzene rings is 1. The van der Waals surface area contributed by atoms with Gasteiger partial charge >= 0.3 is 0 Å². The zero-order chi connectivity index (χ0) is 18.8. The molecule has 4 rings (SSSR count). The molecule has 27 heavy (non-hydrogen) atoms. The first-order valence-corrected chi connectivity index (χ1v) is 9.71. The molecule has 1 aromatic heterocycles. The third-order valence-electron chi connectivity index (χ3n) is 5.49. The van der Waals surface area contributed by atoms with Crippen LogP contribution in [-0.2, 0) is 0 Å². The number of nitrogens with zero attached hydrogens (tertiary/aromatic N) is 3. The molecule has 6 nitrogen and oxygen atoms in total. The summed E-state index contributed by atoms with van der Waals surface area (Å²) >= 11 is 5.91. The molecule has 0 bridgehead atoms. The van der Waals surface area contributed by atoms with Crippen molar-refractivity contribution in [1.82, 2.24) is 19.7 Å². The maximum absolute atomic E-state index is 12.7. The average Bonchev–Trinajstić information content (AvgIpc) is 3.40. The van der Waals surface area contributed by atoms with Crippen molar-refractivity contribution in [3.63, 3.8) is 0 Å². The lowest BCUT2D eigenvalue weighted by Gasteiger charge is -2.37. The van der Waals surface area contributed by atoms with Crippen LogP contribution in [0.25, 0.3) is 0 Å². The Hall–Kier alpha value is -2.31. The molecule has 0 saturated carbocycles. The Morgan fingerprint density at radius 1 is 0.926 bits per heavy atom. The Bertz CT molecular complexity index is 798. The summed E-state index contributed by atoms with van der Waals surface area (Å²) < 4.78 is 0. The van der Waals surface area contributed by atoms with E-state index in [1.54, 1.807) is 30.5 Å². The van der Waals surface area contributed by atoms with Gasteiger partial charge in [-0.25, -0.2) is 0 Å². The largest absolute Gasteiger partial charge is 0.357 e. The lowest BCUT2D eigenvalue weighted by molar-refractivity contribution is 0.0564. The van der Waals surface area contributed by atoms with Gasteiger partial charge < -0.3 is 14.8 Å². The fourth-order valence-electron chi connectivity index (χ4n) is 3.92. The first kappa shape index (κ1) is 18.1. The number of carbonyl (C=O) groups is 2. The number of aromatic nitrogens is 1.